The molecule has 0 amide bonds. The zero-order chi connectivity index (χ0) is 25.1. The maximum Gasteiger partial charge on any atom is 0.340 e. The Hall–Kier alpha value is -3.81. The average molecular weight is 487 g/mol. The van der Waals surface area contributed by atoms with Crippen molar-refractivity contribution in [3.63, 3.8) is 0 Å². The van der Waals surface area contributed by atoms with Crippen LogP contribution in [0.1, 0.15) is 21.5 Å². The number of hydrogen-bond donors (Lipinski definition) is 0. The van der Waals surface area contributed by atoms with Gasteiger partial charge in [0.1, 0.15) is 11.5 Å². The van der Waals surface area contributed by atoms with Crippen LogP contribution in [0.5, 0.6) is 0 Å². The van der Waals surface area contributed by atoms with E-state index < -0.39 is 11.8 Å². The largest absolute Gasteiger partial charge is 0.465 e. The summed E-state index contributed by atoms with van der Waals surface area (Å²) in [5, 5.41) is 4.18. The predicted molar refractivity (Wildman–Crippen MR) is 135 cm³/mol. The summed E-state index contributed by atoms with van der Waals surface area (Å²) in [4.78, 5) is 14.1. The number of methoxy groups -OCH3 is 1. The van der Waals surface area contributed by atoms with Crippen molar-refractivity contribution in [2.45, 2.75) is 13.5 Å². The number of morpholine rings is 1. The van der Waals surface area contributed by atoms with Crippen molar-refractivity contribution in [1.82, 2.24) is 10.1 Å². The molecule has 0 N–H and O–H groups in total. The number of benzene rings is 3. The Morgan fingerprint density at radius 1 is 1.00 bits per heavy atom. The molecule has 184 valence electrons. The molecular formula is C29H27FN2O4. The Labute approximate surface area is 209 Å². The number of carbonyl (C=O) groups is 1. The van der Waals surface area contributed by atoms with Gasteiger partial charge in [0.2, 0.25) is 0 Å². The van der Waals surface area contributed by atoms with Gasteiger partial charge >= 0.3 is 5.97 Å². The van der Waals surface area contributed by atoms with E-state index in [1.54, 1.807) is 12.1 Å². The first kappa shape index (κ1) is 23.9. The smallest absolute Gasteiger partial charge is 0.340 e. The fourth-order valence-corrected chi connectivity index (χ4v) is 4.59. The molecule has 1 fully saturated rings. The van der Waals surface area contributed by atoms with Gasteiger partial charge < -0.3 is 14.0 Å². The maximum atomic E-state index is 14.5. The third-order valence-corrected chi connectivity index (χ3v) is 6.61. The molecule has 1 aromatic heterocycles. The number of ether oxygens (including phenoxy) is 2. The molecule has 0 saturated carbocycles. The van der Waals surface area contributed by atoms with E-state index in [0.717, 1.165) is 49.5 Å². The molecule has 1 aliphatic rings. The molecule has 2 heterocycles. The first-order valence-corrected chi connectivity index (χ1v) is 11.9. The van der Waals surface area contributed by atoms with Crippen molar-refractivity contribution in [2.24, 2.45) is 0 Å². The van der Waals surface area contributed by atoms with Crippen molar-refractivity contribution in [3.05, 3.63) is 89.2 Å². The summed E-state index contributed by atoms with van der Waals surface area (Å²) in [7, 11) is 1.22. The normalized spacial score (nSPS) is 14.1. The lowest BCUT2D eigenvalue weighted by molar-refractivity contribution is 0.0342. The van der Waals surface area contributed by atoms with E-state index in [4.69, 9.17) is 9.26 Å². The lowest BCUT2D eigenvalue weighted by Crippen LogP contribution is -2.36. The number of halogens is 1. The van der Waals surface area contributed by atoms with Crippen LogP contribution in [0.25, 0.3) is 33.7 Å². The highest BCUT2D eigenvalue weighted by Gasteiger charge is 2.20. The lowest BCUT2D eigenvalue weighted by Gasteiger charge is -2.28. The number of hydrogen-bond acceptors (Lipinski definition) is 6. The molecule has 36 heavy (non-hydrogen) atoms. The zero-order valence-corrected chi connectivity index (χ0v) is 20.3. The summed E-state index contributed by atoms with van der Waals surface area (Å²) in [6.45, 7) is 6.14. The Morgan fingerprint density at radius 3 is 2.47 bits per heavy atom. The maximum absolute atomic E-state index is 14.5. The van der Waals surface area contributed by atoms with Crippen LogP contribution >= 0.6 is 0 Å². The van der Waals surface area contributed by atoms with E-state index >= 15 is 0 Å². The van der Waals surface area contributed by atoms with Crippen LogP contribution in [0.2, 0.25) is 0 Å². The quantitative estimate of drug-likeness (QED) is 0.324. The van der Waals surface area contributed by atoms with Crippen molar-refractivity contribution >= 4 is 5.97 Å². The molecule has 0 aliphatic carbocycles. The molecule has 6 nitrogen and oxygen atoms in total. The van der Waals surface area contributed by atoms with E-state index in [0.29, 0.717) is 17.0 Å². The first-order valence-electron chi connectivity index (χ1n) is 11.9. The Morgan fingerprint density at radius 2 is 1.75 bits per heavy atom. The molecule has 1 saturated heterocycles. The first-order chi connectivity index (χ1) is 17.5. The SMILES string of the molecule is COC(=O)c1ccc(-c2cc(-c3ccc(-c4ccccc4)c(CN4CCOCC4)c3C)on2)cc1F. The molecule has 1 aliphatic heterocycles. The molecule has 0 radical (unpaired) electrons. The van der Waals surface area contributed by atoms with Gasteiger partial charge in [0.15, 0.2) is 5.76 Å². The number of esters is 1. The second-order valence-corrected chi connectivity index (χ2v) is 8.78. The minimum absolute atomic E-state index is 0.120. The molecule has 0 spiro atoms. The molecule has 7 heteroatoms. The highest BCUT2D eigenvalue weighted by atomic mass is 19.1. The van der Waals surface area contributed by atoms with Crippen LogP contribution in [-0.2, 0) is 16.0 Å². The molecule has 0 unspecified atom stereocenters. The van der Waals surface area contributed by atoms with Crippen LogP contribution < -0.4 is 0 Å². The number of rotatable bonds is 6. The van der Waals surface area contributed by atoms with Gasteiger partial charge in [-0.05, 0) is 41.3 Å². The summed E-state index contributed by atoms with van der Waals surface area (Å²) < 4.78 is 30.4. The fraction of sp³-hybridized carbons (Fsp3) is 0.241. The van der Waals surface area contributed by atoms with Crippen LogP contribution in [-0.4, -0.2) is 49.4 Å². The van der Waals surface area contributed by atoms with Gasteiger partial charge in [0.05, 0.1) is 25.9 Å². The molecule has 5 rings (SSSR count). The Bertz CT molecular complexity index is 1380. The van der Waals surface area contributed by atoms with E-state index in [1.807, 2.05) is 24.3 Å². The Kier molecular flexibility index (Phi) is 6.93. The third-order valence-electron chi connectivity index (χ3n) is 6.61. The highest BCUT2D eigenvalue weighted by Crippen LogP contribution is 2.36. The lowest BCUT2D eigenvalue weighted by atomic mass is 9.91. The Balaban J connectivity index is 1.51. The van der Waals surface area contributed by atoms with Crippen LogP contribution in [0.4, 0.5) is 4.39 Å². The summed E-state index contributed by atoms with van der Waals surface area (Å²) >= 11 is 0. The van der Waals surface area contributed by atoms with E-state index in [1.165, 1.54) is 30.4 Å². The second-order valence-electron chi connectivity index (χ2n) is 8.78. The number of nitrogens with zero attached hydrogens (tertiary/aromatic N) is 2. The zero-order valence-electron chi connectivity index (χ0n) is 20.3. The van der Waals surface area contributed by atoms with E-state index in [-0.39, 0.29) is 5.56 Å². The average Bonchev–Trinajstić information content (AvgIpc) is 3.40. The molecule has 0 bridgehead atoms. The highest BCUT2D eigenvalue weighted by molar-refractivity contribution is 5.90. The van der Waals surface area contributed by atoms with Crippen molar-refractivity contribution in [1.29, 1.82) is 0 Å². The van der Waals surface area contributed by atoms with Gasteiger partial charge in [-0.15, -0.1) is 0 Å². The van der Waals surface area contributed by atoms with Crippen LogP contribution in [0.3, 0.4) is 0 Å². The number of carbonyl (C=O) groups excluding carboxylic acids is 1. The van der Waals surface area contributed by atoms with Crippen molar-refractivity contribution < 1.29 is 23.2 Å². The van der Waals surface area contributed by atoms with Gasteiger partial charge in [-0.3, -0.25) is 4.90 Å². The van der Waals surface area contributed by atoms with Gasteiger partial charge in [0.25, 0.3) is 0 Å². The molecule has 0 atom stereocenters. The number of aromatic nitrogens is 1. The van der Waals surface area contributed by atoms with Gasteiger partial charge in [0, 0.05) is 36.8 Å². The minimum Gasteiger partial charge on any atom is -0.465 e. The fourth-order valence-electron chi connectivity index (χ4n) is 4.59. The summed E-state index contributed by atoms with van der Waals surface area (Å²) in [5.74, 6) is -0.787. The predicted octanol–water partition coefficient (Wildman–Crippen LogP) is 5.74. The van der Waals surface area contributed by atoms with Gasteiger partial charge in [-0.25, -0.2) is 9.18 Å². The van der Waals surface area contributed by atoms with Gasteiger partial charge in [-0.1, -0.05) is 53.7 Å². The van der Waals surface area contributed by atoms with E-state index in [2.05, 4.69) is 39.9 Å². The third kappa shape index (κ3) is 4.80. The molecule has 3 aromatic carbocycles. The summed E-state index contributed by atoms with van der Waals surface area (Å²) in [6, 6.07) is 20.6. The van der Waals surface area contributed by atoms with Crippen LogP contribution in [0, 0.1) is 12.7 Å². The second kappa shape index (κ2) is 10.4. The summed E-state index contributed by atoms with van der Waals surface area (Å²) in [6.07, 6.45) is 0. The van der Waals surface area contributed by atoms with Crippen LogP contribution in [0.15, 0.2) is 71.3 Å². The molecule has 4 aromatic rings. The minimum atomic E-state index is -0.721. The van der Waals surface area contributed by atoms with Gasteiger partial charge in [-0.2, -0.15) is 0 Å². The van der Waals surface area contributed by atoms with Crippen molar-refractivity contribution in [3.8, 4) is 33.7 Å². The monoisotopic (exact) mass is 486 g/mol. The molecular weight excluding hydrogens is 459 g/mol. The van der Waals surface area contributed by atoms with E-state index in [9.17, 15) is 9.18 Å². The topological polar surface area (TPSA) is 64.8 Å². The summed E-state index contributed by atoms with van der Waals surface area (Å²) in [5.41, 5.74) is 6.50. The van der Waals surface area contributed by atoms with Crippen molar-refractivity contribution in [2.75, 3.05) is 33.4 Å². The standard InChI is InChI=1S/C29H27FN2O4/c1-19-22(28-17-27(31-36-28)21-8-9-24(26(30)16-21)29(33)34-2)10-11-23(20-6-4-3-5-7-20)25(19)18-32-12-14-35-15-13-32/h3-11,16-17H,12-15,18H2,1-2H3.